The average Bonchev–Trinajstić information content (AvgIpc) is 3.06. The first-order valence-electron chi connectivity index (χ1n) is 7.72. The SMILES string of the molecule is C=CCOC(=O)C1=C(C)Nc2ncnn2[C@@H]1c1ccccc1OC(F)F. The molecule has 2 heterocycles. The molecule has 136 valence electrons. The quantitative estimate of drug-likeness (QED) is 0.629. The van der Waals surface area contributed by atoms with Gasteiger partial charge in [-0.05, 0) is 13.0 Å². The number of hydrogen-bond donors (Lipinski definition) is 1. The van der Waals surface area contributed by atoms with Gasteiger partial charge in [0.05, 0.1) is 5.57 Å². The summed E-state index contributed by atoms with van der Waals surface area (Å²) in [6.07, 6.45) is 2.74. The fourth-order valence-corrected chi connectivity index (χ4v) is 2.76. The fraction of sp³-hybridized carbons (Fsp3) is 0.235. The molecule has 9 heteroatoms. The van der Waals surface area contributed by atoms with Crippen LogP contribution in [0.1, 0.15) is 18.5 Å². The number of rotatable bonds is 6. The number of hydrogen-bond acceptors (Lipinski definition) is 6. The molecule has 1 aliphatic rings. The smallest absolute Gasteiger partial charge is 0.387 e. The van der Waals surface area contributed by atoms with Crippen LogP contribution in [0.3, 0.4) is 0 Å². The molecule has 0 saturated heterocycles. The Morgan fingerprint density at radius 3 is 2.96 bits per heavy atom. The Balaban J connectivity index is 2.13. The summed E-state index contributed by atoms with van der Waals surface area (Å²) in [5.74, 6) is -0.301. The van der Waals surface area contributed by atoms with E-state index >= 15 is 0 Å². The van der Waals surface area contributed by atoms with Crippen LogP contribution in [0.4, 0.5) is 14.7 Å². The number of carbonyl (C=O) groups is 1. The number of fused-ring (bicyclic) bond motifs is 1. The molecule has 0 saturated carbocycles. The lowest BCUT2D eigenvalue weighted by molar-refractivity contribution is -0.138. The summed E-state index contributed by atoms with van der Waals surface area (Å²) in [7, 11) is 0. The molecule has 1 atom stereocenters. The van der Waals surface area contributed by atoms with Gasteiger partial charge in [-0.15, -0.1) is 0 Å². The molecule has 26 heavy (non-hydrogen) atoms. The standard InChI is InChI=1S/C17H16F2N4O3/c1-3-8-25-15(24)13-10(2)22-17-20-9-21-23(17)14(13)11-6-4-5-7-12(11)26-16(18)19/h3-7,9,14,16H,1,8H2,2H3,(H,20,21,22)/t14-/m1/s1. The Bertz CT molecular complexity index is 863. The zero-order valence-electron chi connectivity index (χ0n) is 13.9. The molecule has 2 aromatic rings. The summed E-state index contributed by atoms with van der Waals surface area (Å²) in [6.45, 7) is 2.19. The Labute approximate surface area is 147 Å². The lowest BCUT2D eigenvalue weighted by Gasteiger charge is -2.29. The third kappa shape index (κ3) is 3.28. The van der Waals surface area contributed by atoms with Gasteiger partial charge in [-0.2, -0.15) is 18.9 Å². The van der Waals surface area contributed by atoms with Gasteiger partial charge in [-0.3, -0.25) is 0 Å². The molecular weight excluding hydrogens is 346 g/mol. The molecule has 0 amide bonds. The highest BCUT2D eigenvalue weighted by Crippen LogP contribution is 2.39. The minimum absolute atomic E-state index is 0.0156. The highest BCUT2D eigenvalue weighted by molar-refractivity contribution is 5.92. The summed E-state index contributed by atoms with van der Waals surface area (Å²) in [5.41, 5.74) is 1.04. The van der Waals surface area contributed by atoms with E-state index in [-0.39, 0.29) is 17.9 Å². The second kappa shape index (κ2) is 7.34. The normalized spacial score (nSPS) is 16.1. The van der Waals surface area contributed by atoms with Crippen molar-refractivity contribution in [2.75, 3.05) is 11.9 Å². The van der Waals surface area contributed by atoms with Crippen LogP contribution in [0.15, 0.2) is 54.5 Å². The summed E-state index contributed by atoms with van der Waals surface area (Å²) in [5, 5.41) is 7.08. The van der Waals surface area contributed by atoms with E-state index in [1.54, 1.807) is 25.1 Å². The maximum atomic E-state index is 12.8. The van der Waals surface area contributed by atoms with E-state index in [9.17, 15) is 13.6 Å². The van der Waals surface area contributed by atoms with Crippen LogP contribution in [0.2, 0.25) is 0 Å². The second-order valence-corrected chi connectivity index (χ2v) is 5.40. The van der Waals surface area contributed by atoms with Crippen LogP contribution < -0.4 is 10.1 Å². The highest BCUT2D eigenvalue weighted by Gasteiger charge is 2.36. The summed E-state index contributed by atoms with van der Waals surface area (Å²) in [4.78, 5) is 16.7. The first-order chi connectivity index (χ1) is 12.5. The lowest BCUT2D eigenvalue weighted by atomic mass is 9.95. The number of anilines is 1. The number of para-hydroxylation sites is 1. The van der Waals surface area contributed by atoms with Gasteiger partial charge >= 0.3 is 12.6 Å². The molecule has 1 aromatic heterocycles. The van der Waals surface area contributed by atoms with Crippen LogP contribution in [-0.2, 0) is 9.53 Å². The van der Waals surface area contributed by atoms with Gasteiger partial charge in [-0.25, -0.2) is 9.48 Å². The van der Waals surface area contributed by atoms with E-state index in [1.807, 2.05) is 0 Å². The zero-order valence-corrected chi connectivity index (χ0v) is 13.9. The second-order valence-electron chi connectivity index (χ2n) is 5.40. The van der Waals surface area contributed by atoms with Crippen molar-refractivity contribution in [1.29, 1.82) is 0 Å². The Hall–Kier alpha value is -3.23. The maximum absolute atomic E-state index is 12.8. The van der Waals surface area contributed by atoms with Crippen LogP contribution >= 0.6 is 0 Å². The zero-order chi connectivity index (χ0) is 18.7. The van der Waals surface area contributed by atoms with Crippen LogP contribution in [0, 0.1) is 0 Å². The largest absolute Gasteiger partial charge is 0.458 e. The van der Waals surface area contributed by atoms with Gasteiger partial charge in [-0.1, -0.05) is 30.9 Å². The number of ether oxygens (including phenoxy) is 2. The molecule has 0 radical (unpaired) electrons. The summed E-state index contributed by atoms with van der Waals surface area (Å²) >= 11 is 0. The number of halogens is 2. The third-order valence-electron chi connectivity index (χ3n) is 3.78. The molecule has 0 aliphatic carbocycles. The van der Waals surface area contributed by atoms with E-state index in [2.05, 4.69) is 26.7 Å². The molecule has 0 fully saturated rings. The number of alkyl halides is 2. The van der Waals surface area contributed by atoms with Gasteiger partial charge in [0.2, 0.25) is 5.95 Å². The van der Waals surface area contributed by atoms with Crippen molar-refractivity contribution in [3.8, 4) is 5.75 Å². The molecule has 1 N–H and O–H groups in total. The minimum atomic E-state index is -3.01. The molecule has 0 unspecified atom stereocenters. The van der Waals surface area contributed by atoms with Gasteiger partial charge in [0.25, 0.3) is 0 Å². The number of carbonyl (C=O) groups excluding carboxylic acids is 1. The fourth-order valence-electron chi connectivity index (χ4n) is 2.76. The van der Waals surface area contributed by atoms with Crippen molar-refractivity contribution in [1.82, 2.24) is 14.8 Å². The molecular formula is C17H16F2N4O3. The first kappa shape index (κ1) is 17.6. The molecule has 1 aromatic carbocycles. The van der Waals surface area contributed by atoms with Crippen molar-refractivity contribution in [2.45, 2.75) is 19.6 Å². The molecule has 3 rings (SSSR count). The number of aromatic nitrogens is 3. The average molecular weight is 362 g/mol. The Kier molecular flexibility index (Phi) is 4.97. The minimum Gasteiger partial charge on any atom is -0.458 e. The maximum Gasteiger partial charge on any atom is 0.387 e. The topological polar surface area (TPSA) is 78.3 Å². The van der Waals surface area contributed by atoms with Gasteiger partial charge in [0.15, 0.2) is 0 Å². The number of benzene rings is 1. The monoisotopic (exact) mass is 362 g/mol. The molecule has 0 bridgehead atoms. The van der Waals surface area contributed by atoms with Crippen LogP contribution in [0.25, 0.3) is 0 Å². The van der Waals surface area contributed by atoms with Crippen molar-refractivity contribution in [3.63, 3.8) is 0 Å². The summed E-state index contributed by atoms with van der Waals surface area (Å²) in [6, 6.07) is 5.39. The van der Waals surface area contributed by atoms with Crippen molar-refractivity contribution < 1.29 is 23.0 Å². The predicted octanol–water partition coefficient (Wildman–Crippen LogP) is 2.90. The molecule has 1 aliphatic heterocycles. The van der Waals surface area contributed by atoms with E-state index in [0.717, 1.165) is 0 Å². The van der Waals surface area contributed by atoms with Crippen molar-refractivity contribution in [2.24, 2.45) is 0 Å². The van der Waals surface area contributed by atoms with Crippen LogP contribution in [0.5, 0.6) is 5.75 Å². The third-order valence-corrected chi connectivity index (χ3v) is 3.78. The van der Waals surface area contributed by atoms with Crippen molar-refractivity contribution in [3.05, 3.63) is 60.1 Å². The Morgan fingerprint density at radius 1 is 1.46 bits per heavy atom. The van der Waals surface area contributed by atoms with Gasteiger partial charge in [0.1, 0.15) is 24.7 Å². The van der Waals surface area contributed by atoms with E-state index in [0.29, 0.717) is 17.2 Å². The Morgan fingerprint density at radius 2 is 2.23 bits per heavy atom. The van der Waals surface area contributed by atoms with Crippen LogP contribution in [-0.4, -0.2) is 34.0 Å². The van der Waals surface area contributed by atoms with E-state index < -0.39 is 18.6 Å². The molecule has 0 spiro atoms. The van der Waals surface area contributed by atoms with E-state index in [4.69, 9.17) is 4.74 Å². The number of allylic oxidation sites excluding steroid dienone is 1. The first-order valence-corrected chi connectivity index (χ1v) is 7.72. The van der Waals surface area contributed by atoms with E-state index in [1.165, 1.54) is 23.2 Å². The van der Waals surface area contributed by atoms with Crippen molar-refractivity contribution >= 4 is 11.9 Å². The highest BCUT2D eigenvalue weighted by atomic mass is 19.3. The summed E-state index contributed by atoms with van der Waals surface area (Å²) < 4.78 is 36.8. The lowest BCUT2D eigenvalue weighted by Crippen LogP contribution is -2.30. The number of nitrogens with one attached hydrogen (secondary N) is 1. The predicted molar refractivity (Wildman–Crippen MR) is 88.7 cm³/mol. The molecule has 7 nitrogen and oxygen atoms in total. The number of nitrogens with zero attached hydrogens (tertiary/aromatic N) is 3. The number of esters is 1. The van der Waals surface area contributed by atoms with Gasteiger partial charge in [0, 0.05) is 11.3 Å². The van der Waals surface area contributed by atoms with Gasteiger partial charge < -0.3 is 14.8 Å².